The van der Waals surface area contributed by atoms with Crippen molar-refractivity contribution in [1.82, 2.24) is 15.4 Å². The lowest BCUT2D eigenvalue weighted by molar-refractivity contribution is -0.119. The number of thioether (sulfide) groups is 1. The van der Waals surface area contributed by atoms with Crippen molar-refractivity contribution in [3.8, 4) is 5.75 Å². The molecule has 3 N–H and O–H groups in total. The lowest BCUT2D eigenvalue weighted by Crippen LogP contribution is -2.57. The summed E-state index contributed by atoms with van der Waals surface area (Å²) in [7, 11) is 0. The average Bonchev–Trinajstić information content (AvgIpc) is 3.00. The van der Waals surface area contributed by atoms with Gasteiger partial charge in [-0.05, 0) is 43.5 Å². The maximum Gasteiger partial charge on any atom is 0.343 e. The van der Waals surface area contributed by atoms with Gasteiger partial charge >= 0.3 is 6.03 Å². The number of hydrogen-bond acceptors (Lipinski definition) is 6. The summed E-state index contributed by atoms with van der Waals surface area (Å²) in [6.07, 6.45) is 5.92. The third-order valence-electron chi connectivity index (χ3n) is 6.02. The van der Waals surface area contributed by atoms with Gasteiger partial charge in [0, 0.05) is 11.6 Å². The molecule has 0 radical (unpaired) electrons. The molecule has 4 rings (SSSR count). The Hall–Kier alpha value is -2.36. The van der Waals surface area contributed by atoms with Crippen molar-refractivity contribution in [2.75, 3.05) is 0 Å². The molecule has 1 atom stereocenters. The van der Waals surface area contributed by atoms with E-state index in [2.05, 4.69) is 10.4 Å². The minimum atomic E-state index is -0.794. The normalized spacial score (nSPS) is 21.4. The molecule has 1 heterocycles. The first-order valence-corrected chi connectivity index (χ1v) is 12.1. The highest BCUT2D eigenvalue weighted by Gasteiger charge is 2.50. The molecule has 1 saturated heterocycles. The Labute approximate surface area is 197 Å². The van der Waals surface area contributed by atoms with E-state index in [1.165, 1.54) is 29.4 Å². The molecule has 1 aliphatic carbocycles. The standard InChI is InChI=1S/C23H28N4O3S2/c1-23(2)20(27(30)21(29)25-16-9-4-3-5-10-16)26(22(31)32-23)24-14-18-17-11-7-6-8-15(17)12-13-19(18)28/h6-8,11-14,16,20,28,30H,3-5,9-10H2,1-2H3,(H,25,29). The van der Waals surface area contributed by atoms with E-state index in [4.69, 9.17) is 12.2 Å². The van der Waals surface area contributed by atoms with Gasteiger partial charge in [0.1, 0.15) is 5.75 Å². The number of phenolic OH excluding ortho intramolecular Hbond substituents is 1. The van der Waals surface area contributed by atoms with Gasteiger partial charge in [-0.2, -0.15) is 10.2 Å². The van der Waals surface area contributed by atoms with Gasteiger partial charge in [0.15, 0.2) is 10.5 Å². The molecule has 7 nitrogen and oxygen atoms in total. The number of carbonyl (C=O) groups is 1. The first-order valence-electron chi connectivity index (χ1n) is 10.8. The molecule has 32 heavy (non-hydrogen) atoms. The lowest BCUT2D eigenvalue weighted by Gasteiger charge is -2.35. The van der Waals surface area contributed by atoms with Crippen LogP contribution in [0.5, 0.6) is 5.75 Å². The van der Waals surface area contributed by atoms with E-state index in [-0.39, 0.29) is 11.8 Å². The number of hydroxylamine groups is 2. The van der Waals surface area contributed by atoms with Gasteiger partial charge in [0.2, 0.25) is 0 Å². The summed E-state index contributed by atoms with van der Waals surface area (Å²) in [6, 6.07) is 10.7. The number of amides is 2. The highest BCUT2D eigenvalue weighted by molar-refractivity contribution is 8.24. The van der Waals surface area contributed by atoms with E-state index in [1.807, 2.05) is 44.2 Å². The van der Waals surface area contributed by atoms with Crippen molar-refractivity contribution in [3.05, 3.63) is 42.0 Å². The van der Waals surface area contributed by atoms with Gasteiger partial charge in [0.25, 0.3) is 0 Å². The Morgan fingerprint density at radius 3 is 2.72 bits per heavy atom. The number of thiocarbonyl (C=S) groups is 1. The van der Waals surface area contributed by atoms with Crippen LogP contribution in [0.1, 0.15) is 51.5 Å². The van der Waals surface area contributed by atoms with Crippen LogP contribution < -0.4 is 5.32 Å². The number of nitrogens with one attached hydrogen (secondary N) is 1. The second-order valence-corrected chi connectivity index (χ2v) is 11.1. The minimum Gasteiger partial charge on any atom is -0.507 e. The molecule has 1 saturated carbocycles. The van der Waals surface area contributed by atoms with Gasteiger partial charge < -0.3 is 10.4 Å². The Morgan fingerprint density at radius 1 is 1.25 bits per heavy atom. The number of urea groups is 1. The number of phenols is 1. The zero-order valence-electron chi connectivity index (χ0n) is 18.2. The predicted octanol–water partition coefficient (Wildman–Crippen LogP) is 5.05. The van der Waals surface area contributed by atoms with Gasteiger partial charge in [-0.3, -0.25) is 5.21 Å². The quantitative estimate of drug-likeness (QED) is 0.250. The summed E-state index contributed by atoms with van der Waals surface area (Å²) in [5, 5.41) is 32.8. The second-order valence-electron chi connectivity index (χ2n) is 8.78. The highest BCUT2D eigenvalue weighted by atomic mass is 32.2. The van der Waals surface area contributed by atoms with Crippen LogP contribution in [0.2, 0.25) is 0 Å². The van der Waals surface area contributed by atoms with Gasteiger partial charge in [-0.25, -0.2) is 9.80 Å². The van der Waals surface area contributed by atoms with Crippen LogP contribution in [0.15, 0.2) is 41.5 Å². The molecule has 1 unspecified atom stereocenters. The Morgan fingerprint density at radius 2 is 1.97 bits per heavy atom. The molecular weight excluding hydrogens is 444 g/mol. The van der Waals surface area contributed by atoms with E-state index >= 15 is 0 Å². The van der Waals surface area contributed by atoms with E-state index in [0.717, 1.165) is 36.5 Å². The molecule has 170 valence electrons. The van der Waals surface area contributed by atoms with Crippen LogP contribution >= 0.6 is 24.0 Å². The maximum absolute atomic E-state index is 12.8. The minimum absolute atomic E-state index is 0.0691. The number of benzene rings is 2. The number of fused-ring (bicyclic) bond motifs is 1. The number of hydrazone groups is 1. The number of aromatic hydroxyl groups is 1. The smallest absolute Gasteiger partial charge is 0.343 e. The topological polar surface area (TPSA) is 88.4 Å². The van der Waals surface area contributed by atoms with Gasteiger partial charge in [-0.1, -0.05) is 73.6 Å². The van der Waals surface area contributed by atoms with Crippen LogP contribution in [0.3, 0.4) is 0 Å². The summed E-state index contributed by atoms with van der Waals surface area (Å²) < 4.78 is -0.145. The predicted molar refractivity (Wildman–Crippen MR) is 132 cm³/mol. The Kier molecular flexibility index (Phi) is 6.60. The second kappa shape index (κ2) is 9.25. The molecule has 2 fully saturated rings. The van der Waals surface area contributed by atoms with E-state index in [0.29, 0.717) is 14.9 Å². The molecular formula is C23H28N4O3S2. The van der Waals surface area contributed by atoms with Crippen molar-refractivity contribution >= 4 is 51.3 Å². The van der Waals surface area contributed by atoms with E-state index < -0.39 is 16.9 Å². The molecule has 9 heteroatoms. The van der Waals surface area contributed by atoms with Crippen molar-refractivity contribution in [3.63, 3.8) is 0 Å². The van der Waals surface area contributed by atoms with Crippen molar-refractivity contribution < 1.29 is 15.1 Å². The molecule has 2 amide bonds. The fraction of sp³-hybridized carbons (Fsp3) is 0.435. The number of hydrogen-bond donors (Lipinski definition) is 3. The lowest BCUT2D eigenvalue weighted by atomic mass is 9.96. The first kappa shape index (κ1) is 22.8. The van der Waals surface area contributed by atoms with Crippen LogP contribution in [-0.4, -0.2) is 53.9 Å². The fourth-order valence-corrected chi connectivity index (χ4v) is 6.15. The monoisotopic (exact) mass is 472 g/mol. The van der Waals surface area contributed by atoms with Crippen molar-refractivity contribution in [2.45, 2.75) is 62.9 Å². The molecule has 2 aromatic rings. The number of carbonyl (C=O) groups excluding carboxylic acids is 1. The zero-order valence-corrected chi connectivity index (χ0v) is 19.8. The molecule has 0 bridgehead atoms. The third-order valence-corrected chi connectivity index (χ3v) is 7.56. The Balaban J connectivity index is 1.60. The average molecular weight is 473 g/mol. The van der Waals surface area contributed by atoms with Gasteiger partial charge in [0.05, 0.1) is 11.0 Å². The number of nitrogens with zero attached hydrogens (tertiary/aromatic N) is 3. The zero-order chi connectivity index (χ0) is 22.9. The first-order chi connectivity index (χ1) is 15.3. The van der Waals surface area contributed by atoms with Gasteiger partial charge in [-0.15, -0.1) is 0 Å². The SMILES string of the molecule is CC1(C)SC(=S)N(N=Cc2c(O)ccc3ccccc23)C1N(O)C(=O)NC1CCCCC1. The third kappa shape index (κ3) is 4.55. The van der Waals surface area contributed by atoms with Crippen molar-refractivity contribution in [2.24, 2.45) is 5.10 Å². The van der Waals surface area contributed by atoms with Crippen LogP contribution in [0, 0.1) is 0 Å². The molecule has 0 aromatic heterocycles. The molecule has 0 spiro atoms. The van der Waals surface area contributed by atoms with Crippen LogP contribution in [-0.2, 0) is 0 Å². The summed E-state index contributed by atoms with van der Waals surface area (Å²) in [6.45, 7) is 3.83. The van der Waals surface area contributed by atoms with Crippen molar-refractivity contribution in [1.29, 1.82) is 0 Å². The summed E-state index contributed by atoms with van der Waals surface area (Å²) in [5.74, 6) is 0.0944. The molecule has 2 aliphatic rings. The molecule has 2 aromatic carbocycles. The van der Waals surface area contributed by atoms with E-state index in [1.54, 1.807) is 6.07 Å². The van der Waals surface area contributed by atoms with Crippen LogP contribution in [0.4, 0.5) is 4.79 Å². The maximum atomic E-state index is 12.8. The highest BCUT2D eigenvalue weighted by Crippen LogP contribution is 2.42. The summed E-state index contributed by atoms with van der Waals surface area (Å²) >= 11 is 6.89. The summed E-state index contributed by atoms with van der Waals surface area (Å²) in [4.78, 5) is 12.8. The fourth-order valence-electron chi connectivity index (χ4n) is 4.37. The van der Waals surface area contributed by atoms with E-state index in [9.17, 15) is 15.1 Å². The Bertz CT molecular complexity index is 1050. The molecule has 1 aliphatic heterocycles. The largest absolute Gasteiger partial charge is 0.507 e. The number of rotatable bonds is 4. The van der Waals surface area contributed by atoms with Crippen LogP contribution in [0.25, 0.3) is 10.8 Å². The summed E-state index contributed by atoms with van der Waals surface area (Å²) in [5.41, 5.74) is 0.551.